The van der Waals surface area contributed by atoms with Crippen molar-refractivity contribution >= 4 is 21.6 Å². The molecule has 0 saturated carbocycles. The van der Waals surface area contributed by atoms with Gasteiger partial charge in [0, 0.05) is 5.69 Å². The predicted octanol–water partition coefficient (Wildman–Crippen LogP) is 3.88. The van der Waals surface area contributed by atoms with Gasteiger partial charge >= 0.3 is 0 Å². The third kappa shape index (κ3) is 5.81. The van der Waals surface area contributed by atoms with Crippen LogP contribution in [0.25, 0.3) is 0 Å². The van der Waals surface area contributed by atoms with Gasteiger partial charge in [0.25, 0.3) is 15.9 Å². The van der Waals surface area contributed by atoms with E-state index < -0.39 is 15.8 Å². The van der Waals surface area contributed by atoms with E-state index in [-0.39, 0.29) is 29.1 Å². The summed E-state index contributed by atoms with van der Waals surface area (Å²) in [4.78, 5) is 12.1. The van der Waals surface area contributed by atoms with Gasteiger partial charge in [-0.25, -0.2) is 12.8 Å². The smallest absolute Gasteiger partial charge is 0.261 e. The lowest BCUT2D eigenvalue weighted by molar-refractivity contribution is -0.123. The number of halogens is 1. The molecule has 3 aromatic carbocycles. The molecule has 0 radical (unpaired) electrons. The van der Waals surface area contributed by atoms with Gasteiger partial charge in [0.15, 0.2) is 6.61 Å². The van der Waals surface area contributed by atoms with Crippen molar-refractivity contribution in [3.63, 3.8) is 0 Å². The minimum atomic E-state index is -3.83. The van der Waals surface area contributed by atoms with Gasteiger partial charge in [0.05, 0.1) is 10.9 Å². The highest BCUT2D eigenvalue weighted by Crippen LogP contribution is 2.19. The summed E-state index contributed by atoms with van der Waals surface area (Å²) in [5.74, 6) is -0.388. The molecule has 0 unspecified atom stereocenters. The highest BCUT2D eigenvalue weighted by Gasteiger charge is 2.15. The number of nitrogens with one attached hydrogen (secondary N) is 2. The van der Waals surface area contributed by atoms with Gasteiger partial charge in [-0.1, -0.05) is 30.3 Å². The number of carbonyl (C=O) groups excluding carboxylic acids is 1. The standard InChI is InChI=1S/C22H21FN2O4S/c1-16(17-5-3-2-4-6-17)24-22(26)15-29-20-11-13-21(14-12-20)30(27,28)25-19-9-7-18(23)8-10-19/h2-14,16,25H,15H2,1H3,(H,24,26)/t16-/m0/s1. The number of ether oxygens (including phenoxy) is 1. The van der Waals surface area contributed by atoms with E-state index in [0.29, 0.717) is 5.75 Å². The number of rotatable bonds is 8. The summed E-state index contributed by atoms with van der Waals surface area (Å²) in [5.41, 5.74) is 1.23. The zero-order valence-corrected chi connectivity index (χ0v) is 17.0. The van der Waals surface area contributed by atoms with E-state index in [2.05, 4.69) is 10.0 Å². The quantitative estimate of drug-likeness (QED) is 0.570. The van der Waals surface area contributed by atoms with Crippen molar-refractivity contribution in [1.29, 1.82) is 0 Å². The summed E-state index contributed by atoms with van der Waals surface area (Å²) in [5, 5.41) is 2.84. The van der Waals surface area contributed by atoms with Crippen molar-refractivity contribution in [2.24, 2.45) is 0 Å². The monoisotopic (exact) mass is 428 g/mol. The summed E-state index contributed by atoms with van der Waals surface area (Å²) in [6, 6.07) is 20.0. The summed E-state index contributed by atoms with van der Waals surface area (Å²) >= 11 is 0. The molecule has 30 heavy (non-hydrogen) atoms. The molecule has 2 N–H and O–H groups in total. The van der Waals surface area contributed by atoms with Gasteiger partial charge in [-0.3, -0.25) is 9.52 Å². The normalized spacial score (nSPS) is 12.1. The van der Waals surface area contributed by atoms with Gasteiger partial charge in [0.2, 0.25) is 0 Å². The zero-order chi connectivity index (χ0) is 21.6. The molecule has 0 bridgehead atoms. The maximum Gasteiger partial charge on any atom is 0.261 e. The van der Waals surface area contributed by atoms with Crippen LogP contribution < -0.4 is 14.8 Å². The Bertz CT molecular complexity index is 1090. The minimum absolute atomic E-state index is 0.0151. The largest absolute Gasteiger partial charge is 0.484 e. The van der Waals surface area contributed by atoms with Crippen LogP contribution in [0.5, 0.6) is 5.75 Å². The first-order valence-electron chi connectivity index (χ1n) is 9.19. The van der Waals surface area contributed by atoms with E-state index >= 15 is 0 Å². The van der Waals surface area contributed by atoms with Gasteiger partial charge in [-0.05, 0) is 61.0 Å². The van der Waals surface area contributed by atoms with E-state index in [1.807, 2.05) is 37.3 Å². The average Bonchev–Trinajstić information content (AvgIpc) is 2.74. The highest BCUT2D eigenvalue weighted by atomic mass is 32.2. The summed E-state index contributed by atoms with van der Waals surface area (Å²) < 4.78 is 45.6. The predicted molar refractivity (Wildman–Crippen MR) is 112 cm³/mol. The number of hydrogen-bond donors (Lipinski definition) is 2. The lowest BCUT2D eigenvalue weighted by atomic mass is 10.1. The molecular weight excluding hydrogens is 407 g/mol. The first-order chi connectivity index (χ1) is 14.3. The molecule has 0 spiro atoms. The Balaban J connectivity index is 1.55. The zero-order valence-electron chi connectivity index (χ0n) is 16.2. The Morgan fingerprint density at radius 2 is 1.60 bits per heavy atom. The lowest BCUT2D eigenvalue weighted by Gasteiger charge is -2.14. The van der Waals surface area contributed by atoms with E-state index in [9.17, 15) is 17.6 Å². The van der Waals surface area contributed by atoms with Gasteiger partial charge in [0.1, 0.15) is 11.6 Å². The molecule has 0 aliphatic rings. The Morgan fingerprint density at radius 1 is 0.967 bits per heavy atom. The van der Waals surface area contributed by atoms with E-state index in [1.54, 1.807) is 0 Å². The summed E-state index contributed by atoms with van der Waals surface area (Å²) in [7, 11) is -3.83. The molecule has 0 aliphatic heterocycles. The first-order valence-corrected chi connectivity index (χ1v) is 10.7. The van der Waals surface area contributed by atoms with Crippen molar-refractivity contribution in [2.45, 2.75) is 17.9 Å². The first kappa shape index (κ1) is 21.3. The molecule has 0 heterocycles. The molecule has 0 aromatic heterocycles. The Kier molecular flexibility index (Phi) is 6.68. The van der Waals surface area contributed by atoms with Crippen LogP contribution in [0.15, 0.2) is 83.8 Å². The number of benzene rings is 3. The second-order valence-corrected chi connectivity index (χ2v) is 8.25. The van der Waals surface area contributed by atoms with Gasteiger partial charge in [-0.15, -0.1) is 0 Å². The van der Waals surface area contributed by atoms with Crippen LogP contribution in [0.4, 0.5) is 10.1 Å². The maximum absolute atomic E-state index is 13.0. The van der Waals surface area contributed by atoms with Crippen LogP contribution in [-0.2, 0) is 14.8 Å². The molecule has 6 nitrogen and oxygen atoms in total. The van der Waals surface area contributed by atoms with Crippen molar-refractivity contribution in [1.82, 2.24) is 5.32 Å². The number of anilines is 1. The fourth-order valence-electron chi connectivity index (χ4n) is 2.70. The second-order valence-electron chi connectivity index (χ2n) is 6.57. The van der Waals surface area contributed by atoms with E-state index in [0.717, 1.165) is 5.56 Å². The maximum atomic E-state index is 13.0. The van der Waals surface area contributed by atoms with Crippen LogP contribution in [0.3, 0.4) is 0 Å². The molecule has 0 saturated heterocycles. The van der Waals surface area contributed by atoms with Crippen molar-refractivity contribution in [2.75, 3.05) is 11.3 Å². The average molecular weight is 428 g/mol. The third-order valence-corrected chi connectivity index (χ3v) is 5.67. The number of amides is 1. The van der Waals surface area contributed by atoms with Crippen molar-refractivity contribution in [3.8, 4) is 5.75 Å². The summed E-state index contributed by atoms with van der Waals surface area (Å²) in [6.45, 7) is 1.68. The SMILES string of the molecule is C[C@H](NC(=O)COc1ccc(S(=O)(=O)Nc2ccc(F)cc2)cc1)c1ccccc1. The van der Waals surface area contributed by atoms with Gasteiger partial charge in [-0.2, -0.15) is 0 Å². The number of sulfonamides is 1. The topological polar surface area (TPSA) is 84.5 Å². The van der Waals surface area contributed by atoms with Crippen LogP contribution >= 0.6 is 0 Å². The number of carbonyl (C=O) groups is 1. The van der Waals surface area contributed by atoms with Crippen LogP contribution in [0.2, 0.25) is 0 Å². The number of hydrogen-bond acceptors (Lipinski definition) is 4. The Hall–Kier alpha value is -3.39. The molecule has 0 fully saturated rings. The molecule has 3 aromatic rings. The van der Waals surface area contributed by atoms with Crippen LogP contribution in [0, 0.1) is 5.82 Å². The Morgan fingerprint density at radius 3 is 2.23 bits per heavy atom. The molecule has 1 amide bonds. The van der Waals surface area contributed by atoms with Gasteiger partial charge < -0.3 is 10.1 Å². The molecule has 1 atom stereocenters. The highest BCUT2D eigenvalue weighted by molar-refractivity contribution is 7.92. The van der Waals surface area contributed by atoms with E-state index in [1.165, 1.54) is 48.5 Å². The van der Waals surface area contributed by atoms with Crippen LogP contribution in [0.1, 0.15) is 18.5 Å². The van der Waals surface area contributed by atoms with E-state index in [4.69, 9.17) is 4.74 Å². The Labute approximate surface area is 174 Å². The fraction of sp³-hybridized carbons (Fsp3) is 0.136. The second kappa shape index (κ2) is 9.41. The molecule has 0 aliphatic carbocycles. The third-order valence-electron chi connectivity index (χ3n) is 4.28. The fourth-order valence-corrected chi connectivity index (χ4v) is 3.76. The van der Waals surface area contributed by atoms with Crippen molar-refractivity contribution < 1.29 is 22.3 Å². The summed E-state index contributed by atoms with van der Waals surface area (Å²) in [6.07, 6.45) is 0. The van der Waals surface area contributed by atoms with Crippen molar-refractivity contribution in [3.05, 3.63) is 90.2 Å². The molecular formula is C22H21FN2O4S. The minimum Gasteiger partial charge on any atom is -0.484 e. The van der Waals surface area contributed by atoms with Crippen LogP contribution in [-0.4, -0.2) is 20.9 Å². The molecule has 156 valence electrons. The molecule has 3 rings (SSSR count). The molecule has 8 heteroatoms. The lowest BCUT2D eigenvalue weighted by Crippen LogP contribution is -2.31.